The van der Waals surface area contributed by atoms with Crippen LogP contribution in [-0.4, -0.2) is 43.2 Å². The summed E-state index contributed by atoms with van der Waals surface area (Å²) in [6.07, 6.45) is 1.08. The van der Waals surface area contributed by atoms with Gasteiger partial charge in [0.05, 0.1) is 19.3 Å². The molecule has 0 radical (unpaired) electrons. The predicted molar refractivity (Wildman–Crippen MR) is 76.4 cm³/mol. The van der Waals surface area contributed by atoms with Gasteiger partial charge in [-0.2, -0.15) is 0 Å². The number of ether oxygens (including phenoxy) is 2. The van der Waals surface area contributed by atoms with Crippen LogP contribution < -0.4 is 4.74 Å². The lowest BCUT2D eigenvalue weighted by Crippen LogP contribution is -2.42. The molecule has 1 aromatic carbocycles. The average Bonchev–Trinajstić information content (AvgIpc) is 2.87. The van der Waals surface area contributed by atoms with Crippen molar-refractivity contribution in [3.8, 4) is 5.75 Å². The summed E-state index contributed by atoms with van der Waals surface area (Å²) in [5.74, 6) is 1.57. The Labute approximate surface area is 123 Å². The van der Waals surface area contributed by atoms with E-state index >= 15 is 0 Å². The fraction of sp³-hybridized carbons (Fsp3) is 0.571. The molecule has 2 aliphatic heterocycles. The topological polar surface area (TPSA) is 21.7 Å². The summed E-state index contributed by atoms with van der Waals surface area (Å²) in [5.41, 5.74) is 2.40. The summed E-state index contributed by atoms with van der Waals surface area (Å²) in [6, 6.07) is 4.02. The molecule has 0 aromatic heterocycles. The molecular formula is C14H17Cl2NO2. The van der Waals surface area contributed by atoms with Crippen LogP contribution in [0.2, 0.25) is 5.02 Å². The molecule has 0 N–H and O–H groups in total. The van der Waals surface area contributed by atoms with Crippen LogP contribution in [0.4, 0.5) is 0 Å². The van der Waals surface area contributed by atoms with E-state index in [1.54, 1.807) is 0 Å². The third-order valence-corrected chi connectivity index (χ3v) is 4.18. The summed E-state index contributed by atoms with van der Waals surface area (Å²) in [6.45, 7) is 4.14. The minimum absolute atomic E-state index is 0.128. The van der Waals surface area contributed by atoms with Gasteiger partial charge in [0.2, 0.25) is 0 Å². The standard InChI is InChI=1S/C14H17Cl2NO2/c15-7-13-9-17(2-4-18-13)8-11-6-12(16)5-10-1-3-19-14(10)11/h5-6,13H,1-4,7-9H2. The second kappa shape index (κ2) is 5.88. The highest BCUT2D eigenvalue weighted by molar-refractivity contribution is 6.30. The highest BCUT2D eigenvalue weighted by Crippen LogP contribution is 2.33. The lowest BCUT2D eigenvalue weighted by molar-refractivity contribution is -0.0195. The van der Waals surface area contributed by atoms with Crippen molar-refractivity contribution < 1.29 is 9.47 Å². The van der Waals surface area contributed by atoms with Gasteiger partial charge in [0.1, 0.15) is 5.75 Å². The average molecular weight is 302 g/mol. The van der Waals surface area contributed by atoms with Crippen molar-refractivity contribution in [3.63, 3.8) is 0 Å². The molecule has 0 bridgehead atoms. The lowest BCUT2D eigenvalue weighted by Gasteiger charge is -2.32. The lowest BCUT2D eigenvalue weighted by atomic mass is 10.1. The number of alkyl halides is 1. The van der Waals surface area contributed by atoms with Crippen molar-refractivity contribution in [2.24, 2.45) is 0 Å². The summed E-state index contributed by atoms with van der Waals surface area (Å²) >= 11 is 12.1. The molecule has 2 aliphatic rings. The van der Waals surface area contributed by atoms with Gasteiger partial charge in [0, 0.05) is 42.5 Å². The molecule has 0 amide bonds. The zero-order valence-corrected chi connectivity index (χ0v) is 12.2. The van der Waals surface area contributed by atoms with Crippen molar-refractivity contribution >= 4 is 23.2 Å². The molecule has 3 rings (SSSR count). The maximum atomic E-state index is 6.18. The van der Waals surface area contributed by atoms with Crippen LogP contribution in [0.15, 0.2) is 12.1 Å². The van der Waals surface area contributed by atoms with Gasteiger partial charge in [0.25, 0.3) is 0 Å². The van der Waals surface area contributed by atoms with Crippen LogP contribution in [0.5, 0.6) is 5.75 Å². The van der Waals surface area contributed by atoms with Crippen LogP contribution in [-0.2, 0) is 17.7 Å². The number of hydrogen-bond acceptors (Lipinski definition) is 3. The number of fused-ring (bicyclic) bond motifs is 1. The van der Waals surface area contributed by atoms with Gasteiger partial charge in [0.15, 0.2) is 0 Å². The monoisotopic (exact) mass is 301 g/mol. The van der Waals surface area contributed by atoms with Crippen LogP contribution in [0.1, 0.15) is 11.1 Å². The highest BCUT2D eigenvalue weighted by Gasteiger charge is 2.23. The van der Waals surface area contributed by atoms with Crippen molar-refractivity contribution in [2.45, 2.75) is 19.1 Å². The Bertz CT molecular complexity index is 467. The number of hydrogen-bond donors (Lipinski definition) is 0. The third kappa shape index (κ3) is 3.00. The van der Waals surface area contributed by atoms with Crippen molar-refractivity contribution in [1.82, 2.24) is 4.90 Å². The van der Waals surface area contributed by atoms with Crippen LogP contribution in [0, 0.1) is 0 Å². The van der Waals surface area contributed by atoms with Crippen molar-refractivity contribution in [1.29, 1.82) is 0 Å². The van der Waals surface area contributed by atoms with E-state index in [-0.39, 0.29) is 6.10 Å². The smallest absolute Gasteiger partial charge is 0.127 e. The second-order valence-electron chi connectivity index (χ2n) is 5.03. The van der Waals surface area contributed by atoms with E-state index < -0.39 is 0 Å². The van der Waals surface area contributed by atoms with E-state index in [0.717, 1.165) is 50.0 Å². The van der Waals surface area contributed by atoms with Crippen LogP contribution in [0.25, 0.3) is 0 Å². The van der Waals surface area contributed by atoms with E-state index in [0.29, 0.717) is 5.88 Å². The van der Waals surface area contributed by atoms with Gasteiger partial charge < -0.3 is 9.47 Å². The Morgan fingerprint density at radius 3 is 3.05 bits per heavy atom. The number of benzene rings is 1. The van der Waals surface area contributed by atoms with Crippen molar-refractivity contribution in [3.05, 3.63) is 28.3 Å². The molecule has 5 heteroatoms. The van der Waals surface area contributed by atoms with Crippen LogP contribution >= 0.6 is 23.2 Å². The van der Waals surface area contributed by atoms with E-state index in [9.17, 15) is 0 Å². The molecular weight excluding hydrogens is 285 g/mol. The predicted octanol–water partition coefficient (Wildman–Crippen LogP) is 2.71. The number of nitrogens with zero attached hydrogens (tertiary/aromatic N) is 1. The Morgan fingerprint density at radius 2 is 2.21 bits per heavy atom. The molecule has 1 atom stereocenters. The van der Waals surface area contributed by atoms with Gasteiger partial charge in [-0.3, -0.25) is 4.90 Å². The fourth-order valence-corrected chi connectivity index (χ4v) is 3.17. The van der Waals surface area contributed by atoms with Crippen molar-refractivity contribution in [2.75, 3.05) is 32.2 Å². The van der Waals surface area contributed by atoms with Gasteiger partial charge in [-0.25, -0.2) is 0 Å². The maximum Gasteiger partial charge on any atom is 0.127 e. The molecule has 0 spiro atoms. The maximum absolute atomic E-state index is 6.18. The highest BCUT2D eigenvalue weighted by atomic mass is 35.5. The third-order valence-electron chi connectivity index (χ3n) is 3.61. The van der Waals surface area contributed by atoms with Gasteiger partial charge in [-0.05, 0) is 17.7 Å². The Balaban J connectivity index is 1.76. The first-order valence-electron chi connectivity index (χ1n) is 6.60. The molecule has 1 aromatic rings. The van der Waals surface area contributed by atoms with Gasteiger partial charge in [-0.1, -0.05) is 11.6 Å². The Morgan fingerprint density at radius 1 is 1.32 bits per heavy atom. The molecule has 1 unspecified atom stereocenters. The van der Waals surface area contributed by atoms with E-state index in [1.807, 2.05) is 12.1 Å². The quantitative estimate of drug-likeness (QED) is 0.801. The molecule has 0 aliphatic carbocycles. The molecule has 19 heavy (non-hydrogen) atoms. The fourth-order valence-electron chi connectivity index (χ4n) is 2.72. The van der Waals surface area contributed by atoms with E-state index in [1.165, 1.54) is 11.1 Å². The minimum Gasteiger partial charge on any atom is -0.493 e. The first-order valence-corrected chi connectivity index (χ1v) is 7.51. The van der Waals surface area contributed by atoms with E-state index in [2.05, 4.69) is 4.90 Å². The summed E-state index contributed by atoms with van der Waals surface area (Å²) < 4.78 is 11.3. The van der Waals surface area contributed by atoms with Gasteiger partial charge in [-0.15, -0.1) is 11.6 Å². The number of rotatable bonds is 3. The largest absolute Gasteiger partial charge is 0.493 e. The molecule has 2 heterocycles. The van der Waals surface area contributed by atoms with Gasteiger partial charge >= 0.3 is 0 Å². The first kappa shape index (κ1) is 13.5. The Hall–Kier alpha value is -0.480. The summed E-state index contributed by atoms with van der Waals surface area (Å²) in [4.78, 5) is 2.35. The molecule has 3 nitrogen and oxygen atoms in total. The SMILES string of the molecule is ClCC1CN(Cc2cc(Cl)cc3c2OCC3)CCO1. The molecule has 1 saturated heterocycles. The number of halogens is 2. The molecule has 104 valence electrons. The zero-order valence-electron chi connectivity index (χ0n) is 10.7. The zero-order chi connectivity index (χ0) is 13.2. The number of morpholine rings is 1. The Kier molecular flexibility index (Phi) is 4.18. The normalized spacial score (nSPS) is 23.2. The minimum atomic E-state index is 0.128. The summed E-state index contributed by atoms with van der Waals surface area (Å²) in [5, 5.41) is 0.793. The molecule has 0 saturated carbocycles. The van der Waals surface area contributed by atoms with E-state index in [4.69, 9.17) is 32.7 Å². The summed E-state index contributed by atoms with van der Waals surface area (Å²) in [7, 11) is 0. The van der Waals surface area contributed by atoms with Crippen LogP contribution in [0.3, 0.4) is 0 Å². The first-order chi connectivity index (χ1) is 9.26. The molecule has 1 fully saturated rings. The second-order valence-corrected chi connectivity index (χ2v) is 5.78.